The molecule has 4 heteroatoms. The van der Waals surface area contributed by atoms with Gasteiger partial charge in [0.15, 0.2) is 5.82 Å². The summed E-state index contributed by atoms with van der Waals surface area (Å²) in [7, 11) is 0. The number of rotatable bonds is 3. The van der Waals surface area contributed by atoms with E-state index >= 15 is 0 Å². The largest absolute Gasteiger partial charge is 0.380 e. The molecule has 1 aromatic heterocycles. The molecule has 1 fully saturated rings. The number of aromatic nitrogens is 1. The zero-order chi connectivity index (χ0) is 13.2. The van der Waals surface area contributed by atoms with Gasteiger partial charge in [-0.2, -0.15) is 0 Å². The maximum Gasteiger partial charge on any atom is 0.175 e. The molecule has 1 aliphatic carbocycles. The van der Waals surface area contributed by atoms with Crippen molar-refractivity contribution in [2.45, 2.75) is 32.1 Å². The Labute approximate surface area is 117 Å². The van der Waals surface area contributed by atoms with Crippen LogP contribution in [0.3, 0.4) is 0 Å². The summed E-state index contributed by atoms with van der Waals surface area (Å²) in [5, 5.41) is 4.62. The highest BCUT2D eigenvalue weighted by molar-refractivity contribution is 6.30. The molecule has 100 valence electrons. The Morgan fingerprint density at radius 1 is 1.32 bits per heavy atom. The highest BCUT2D eigenvalue weighted by Crippen LogP contribution is 2.35. The predicted octanol–water partition coefficient (Wildman–Crippen LogP) is 4.31. The SMILES string of the molecule is Nc1noc(CC2CCCC2)c1-c1cccc(Cl)c1. The fourth-order valence-electron chi connectivity index (χ4n) is 2.91. The number of halogens is 1. The van der Waals surface area contributed by atoms with Gasteiger partial charge in [-0.1, -0.05) is 54.6 Å². The van der Waals surface area contributed by atoms with Crippen molar-refractivity contribution in [1.29, 1.82) is 0 Å². The van der Waals surface area contributed by atoms with Gasteiger partial charge in [-0.25, -0.2) is 0 Å². The minimum absolute atomic E-state index is 0.454. The van der Waals surface area contributed by atoms with Crippen LogP contribution in [0.5, 0.6) is 0 Å². The standard InChI is InChI=1S/C15H17ClN2O/c16-12-7-3-6-11(9-12)14-13(19-18-15(14)17)8-10-4-1-2-5-10/h3,6-7,9-10H,1-2,4-5,8H2,(H2,17,18). The van der Waals surface area contributed by atoms with Gasteiger partial charge >= 0.3 is 0 Å². The zero-order valence-corrected chi connectivity index (χ0v) is 11.5. The van der Waals surface area contributed by atoms with E-state index in [0.29, 0.717) is 16.8 Å². The summed E-state index contributed by atoms with van der Waals surface area (Å²) in [6.45, 7) is 0. The Bertz CT molecular complexity index is 573. The van der Waals surface area contributed by atoms with E-state index in [1.807, 2.05) is 24.3 Å². The predicted molar refractivity (Wildman–Crippen MR) is 77.0 cm³/mol. The molecule has 3 nitrogen and oxygen atoms in total. The molecule has 0 saturated heterocycles. The molecular formula is C15H17ClN2O. The lowest BCUT2D eigenvalue weighted by Gasteiger charge is -2.08. The van der Waals surface area contributed by atoms with Crippen LogP contribution in [-0.2, 0) is 6.42 Å². The third-order valence-corrected chi connectivity index (χ3v) is 4.09. The van der Waals surface area contributed by atoms with E-state index in [1.165, 1.54) is 25.7 Å². The lowest BCUT2D eigenvalue weighted by molar-refractivity contribution is 0.362. The lowest BCUT2D eigenvalue weighted by Crippen LogP contribution is -1.99. The average molecular weight is 277 g/mol. The van der Waals surface area contributed by atoms with Gasteiger partial charge in [0, 0.05) is 11.4 Å². The second-order valence-corrected chi connectivity index (χ2v) is 5.67. The Balaban J connectivity index is 1.93. The van der Waals surface area contributed by atoms with Gasteiger partial charge in [0.2, 0.25) is 0 Å². The van der Waals surface area contributed by atoms with Crippen LogP contribution in [0.25, 0.3) is 11.1 Å². The molecule has 0 bridgehead atoms. The summed E-state index contributed by atoms with van der Waals surface area (Å²) >= 11 is 6.04. The molecule has 2 aromatic rings. The van der Waals surface area contributed by atoms with Gasteiger partial charge in [-0.15, -0.1) is 0 Å². The minimum atomic E-state index is 0.454. The summed E-state index contributed by atoms with van der Waals surface area (Å²) in [5.41, 5.74) is 7.85. The zero-order valence-electron chi connectivity index (χ0n) is 10.7. The molecule has 1 aromatic carbocycles. The minimum Gasteiger partial charge on any atom is -0.380 e. The van der Waals surface area contributed by atoms with E-state index in [-0.39, 0.29) is 0 Å². The van der Waals surface area contributed by atoms with Crippen LogP contribution < -0.4 is 5.73 Å². The fraction of sp³-hybridized carbons (Fsp3) is 0.400. The van der Waals surface area contributed by atoms with Crippen molar-refractivity contribution in [3.63, 3.8) is 0 Å². The molecule has 1 heterocycles. The van der Waals surface area contributed by atoms with Crippen molar-refractivity contribution in [2.24, 2.45) is 5.92 Å². The van der Waals surface area contributed by atoms with Gasteiger partial charge in [0.05, 0.1) is 5.56 Å². The smallest absolute Gasteiger partial charge is 0.175 e. The molecule has 1 aliphatic rings. The Morgan fingerprint density at radius 3 is 2.84 bits per heavy atom. The van der Waals surface area contributed by atoms with Gasteiger partial charge in [-0.05, 0) is 23.6 Å². The van der Waals surface area contributed by atoms with Crippen LogP contribution in [0.1, 0.15) is 31.4 Å². The van der Waals surface area contributed by atoms with Crippen molar-refractivity contribution < 1.29 is 4.52 Å². The summed E-state index contributed by atoms with van der Waals surface area (Å²) in [5.74, 6) is 2.05. The number of nitrogen functional groups attached to an aromatic ring is 1. The summed E-state index contributed by atoms with van der Waals surface area (Å²) in [4.78, 5) is 0. The van der Waals surface area contributed by atoms with E-state index in [9.17, 15) is 0 Å². The normalized spacial score (nSPS) is 16.1. The monoisotopic (exact) mass is 276 g/mol. The van der Waals surface area contributed by atoms with Crippen LogP contribution in [0.15, 0.2) is 28.8 Å². The maximum absolute atomic E-state index is 6.04. The van der Waals surface area contributed by atoms with Crippen molar-refractivity contribution in [3.05, 3.63) is 35.0 Å². The quantitative estimate of drug-likeness (QED) is 0.909. The first-order valence-corrected chi connectivity index (χ1v) is 7.12. The van der Waals surface area contributed by atoms with Crippen LogP contribution in [-0.4, -0.2) is 5.16 Å². The molecule has 1 saturated carbocycles. The summed E-state index contributed by atoms with van der Waals surface area (Å²) in [6.07, 6.45) is 6.11. The van der Waals surface area contributed by atoms with E-state index in [4.69, 9.17) is 21.9 Å². The number of hydrogen-bond acceptors (Lipinski definition) is 3. The van der Waals surface area contributed by atoms with Crippen LogP contribution in [0, 0.1) is 5.92 Å². The number of hydrogen-bond donors (Lipinski definition) is 1. The fourth-order valence-corrected chi connectivity index (χ4v) is 3.10. The second-order valence-electron chi connectivity index (χ2n) is 5.23. The third-order valence-electron chi connectivity index (χ3n) is 3.85. The first-order chi connectivity index (χ1) is 9.24. The molecule has 0 spiro atoms. The van der Waals surface area contributed by atoms with Crippen LogP contribution >= 0.6 is 11.6 Å². The Hall–Kier alpha value is -1.48. The van der Waals surface area contributed by atoms with E-state index < -0.39 is 0 Å². The Morgan fingerprint density at radius 2 is 2.11 bits per heavy atom. The number of anilines is 1. The molecule has 0 aliphatic heterocycles. The maximum atomic E-state index is 6.04. The second kappa shape index (κ2) is 5.25. The van der Waals surface area contributed by atoms with E-state index in [1.54, 1.807) is 0 Å². The first kappa shape index (κ1) is 12.5. The molecule has 3 rings (SSSR count). The highest BCUT2D eigenvalue weighted by Gasteiger charge is 2.22. The Kier molecular flexibility index (Phi) is 3.47. The van der Waals surface area contributed by atoms with Crippen molar-refractivity contribution in [1.82, 2.24) is 5.16 Å². The van der Waals surface area contributed by atoms with Crippen molar-refractivity contribution in [3.8, 4) is 11.1 Å². The van der Waals surface area contributed by atoms with E-state index in [0.717, 1.165) is 23.3 Å². The molecule has 2 N–H and O–H groups in total. The molecule has 0 amide bonds. The van der Waals surface area contributed by atoms with Crippen molar-refractivity contribution >= 4 is 17.4 Å². The summed E-state index contributed by atoms with van der Waals surface area (Å²) < 4.78 is 5.43. The van der Waals surface area contributed by atoms with Gasteiger partial charge in [0.25, 0.3) is 0 Å². The summed E-state index contributed by atoms with van der Waals surface area (Å²) in [6, 6.07) is 7.67. The molecule has 0 atom stereocenters. The van der Waals surface area contributed by atoms with Crippen molar-refractivity contribution in [2.75, 3.05) is 5.73 Å². The first-order valence-electron chi connectivity index (χ1n) is 6.74. The van der Waals surface area contributed by atoms with Crippen LogP contribution in [0.4, 0.5) is 5.82 Å². The van der Waals surface area contributed by atoms with Crippen LogP contribution in [0.2, 0.25) is 5.02 Å². The number of nitrogens with zero attached hydrogens (tertiary/aromatic N) is 1. The molecule has 0 radical (unpaired) electrons. The highest BCUT2D eigenvalue weighted by atomic mass is 35.5. The molecule has 19 heavy (non-hydrogen) atoms. The van der Waals surface area contributed by atoms with E-state index in [2.05, 4.69) is 5.16 Å². The average Bonchev–Trinajstić information content (AvgIpc) is 3.00. The van der Waals surface area contributed by atoms with Gasteiger partial charge in [0.1, 0.15) is 5.76 Å². The lowest BCUT2D eigenvalue weighted by atomic mass is 9.97. The van der Waals surface area contributed by atoms with Gasteiger partial charge in [-0.3, -0.25) is 0 Å². The molecular weight excluding hydrogens is 260 g/mol. The number of benzene rings is 1. The third kappa shape index (κ3) is 2.61. The topological polar surface area (TPSA) is 52.0 Å². The number of nitrogens with two attached hydrogens (primary N) is 1. The molecule has 0 unspecified atom stereocenters. The van der Waals surface area contributed by atoms with Gasteiger partial charge < -0.3 is 10.3 Å².